The molecule has 0 heterocycles. The molecule has 174 valence electrons. The first kappa shape index (κ1) is 25.2. The first-order valence-corrected chi connectivity index (χ1v) is 10.7. The summed E-state index contributed by atoms with van der Waals surface area (Å²) in [7, 11) is 3.05. The number of carbonyl (C=O) groups is 2. The van der Waals surface area contributed by atoms with Gasteiger partial charge in [0.2, 0.25) is 0 Å². The maximum atomic E-state index is 12.6. The van der Waals surface area contributed by atoms with Gasteiger partial charge in [-0.05, 0) is 50.5 Å². The van der Waals surface area contributed by atoms with Gasteiger partial charge >= 0.3 is 12.1 Å². The second kappa shape index (κ2) is 12.1. The molecule has 0 unspecified atom stereocenters. The quantitative estimate of drug-likeness (QED) is 0.564. The first-order chi connectivity index (χ1) is 15.2. The lowest BCUT2D eigenvalue weighted by Gasteiger charge is -2.31. The molecule has 7 nitrogen and oxygen atoms in total. The molecule has 0 saturated carbocycles. The van der Waals surface area contributed by atoms with Crippen molar-refractivity contribution in [2.75, 3.05) is 27.2 Å². The third kappa shape index (κ3) is 8.98. The summed E-state index contributed by atoms with van der Waals surface area (Å²) in [6.45, 7) is 6.48. The Morgan fingerprint density at radius 3 is 2.25 bits per heavy atom. The maximum absolute atomic E-state index is 12.6. The minimum Gasteiger partial charge on any atom is -0.489 e. The van der Waals surface area contributed by atoms with Crippen LogP contribution in [0, 0.1) is 0 Å². The third-order valence-electron chi connectivity index (χ3n) is 4.75. The highest BCUT2D eigenvalue weighted by Gasteiger charge is 2.25. The van der Waals surface area contributed by atoms with Gasteiger partial charge in [-0.25, -0.2) is 4.79 Å². The van der Waals surface area contributed by atoms with Crippen molar-refractivity contribution in [2.24, 2.45) is 0 Å². The van der Waals surface area contributed by atoms with Crippen LogP contribution in [0.3, 0.4) is 0 Å². The van der Waals surface area contributed by atoms with Gasteiger partial charge in [-0.3, -0.25) is 4.79 Å². The average Bonchev–Trinajstić information content (AvgIpc) is 2.76. The Kier molecular flexibility index (Phi) is 9.53. The molecule has 1 N–H and O–H groups in total. The van der Waals surface area contributed by atoms with Gasteiger partial charge in [0.1, 0.15) is 18.0 Å². The van der Waals surface area contributed by atoms with Crippen LogP contribution in [0.25, 0.3) is 0 Å². The van der Waals surface area contributed by atoms with E-state index in [2.05, 4.69) is 10.1 Å². The average molecular weight is 443 g/mol. The lowest BCUT2D eigenvalue weighted by atomic mass is 10.0. The van der Waals surface area contributed by atoms with Crippen molar-refractivity contribution in [1.82, 2.24) is 10.2 Å². The summed E-state index contributed by atoms with van der Waals surface area (Å²) in [5, 5.41) is 3.06. The highest BCUT2D eigenvalue weighted by atomic mass is 16.6. The standard InChI is InChI=1S/C25H34N2O5/c1-25(2,3)32-24(29)27(4)21(16-26-17-23(28)30-5)15-19-11-13-22(14-12-19)31-18-20-9-7-6-8-10-20/h6-14,21,26H,15-18H2,1-5H3/t21-/m0/s1. The van der Waals surface area contributed by atoms with Crippen LogP contribution in [0.5, 0.6) is 5.75 Å². The molecule has 2 aromatic rings. The van der Waals surface area contributed by atoms with Crippen LogP contribution < -0.4 is 10.1 Å². The predicted molar refractivity (Wildman–Crippen MR) is 124 cm³/mol. The maximum Gasteiger partial charge on any atom is 0.410 e. The number of nitrogens with one attached hydrogen (secondary N) is 1. The number of hydrogen-bond acceptors (Lipinski definition) is 6. The van der Waals surface area contributed by atoms with Gasteiger partial charge < -0.3 is 24.4 Å². The zero-order chi connectivity index (χ0) is 23.6. The number of benzene rings is 2. The number of carbonyl (C=O) groups excluding carboxylic acids is 2. The zero-order valence-corrected chi connectivity index (χ0v) is 19.6. The Balaban J connectivity index is 2.01. The largest absolute Gasteiger partial charge is 0.489 e. The summed E-state index contributed by atoms with van der Waals surface area (Å²) in [6, 6.07) is 17.6. The van der Waals surface area contributed by atoms with Crippen LogP contribution >= 0.6 is 0 Å². The number of nitrogens with zero attached hydrogens (tertiary/aromatic N) is 1. The monoisotopic (exact) mass is 442 g/mol. The predicted octanol–water partition coefficient (Wildman–Crippen LogP) is 3.81. The molecule has 0 aromatic heterocycles. The molecular weight excluding hydrogens is 408 g/mol. The van der Waals surface area contributed by atoms with Crippen LogP contribution in [0.1, 0.15) is 31.9 Å². The van der Waals surface area contributed by atoms with Gasteiger partial charge in [-0.2, -0.15) is 0 Å². The van der Waals surface area contributed by atoms with E-state index in [-0.39, 0.29) is 18.6 Å². The number of rotatable bonds is 10. The Hall–Kier alpha value is -3.06. The Morgan fingerprint density at radius 1 is 1.00 bits per heavy atom. The van der Waals surface area contributed by atoms with Gasteiger partial charge in [0.25, 0.3) is 0 Å². The molecule has 0 radical (unpaired) electrons. The van der Waals surface area contributed by atoms with E-state index in [1.165, 1.54) is 7.11 Å². The molecule has 1 atom stereocenters. The van der Waals surface area contributed by atoms with Crippen LogP contribution in [-0.4, -0.2) is 55.9 Å². The Bertz CT molecular complexity index is 847. The number of hydrogen-bond donors (Lipinski definition) is 1. The summed E-state index contributed by atoms with van der Waals surface area (Å²) < 4.78 is 16.0. The summed E-state index contributed by atoms with van der Waals surface area (Å²) >= 11 is 0. The Labute approximate surface area is 190 Å². The zero-order valence-electron chi connectivity index (χ0n) is 19.6. The fraction of sp³-hybridized carbons (Fsp3) is 0.440. The number of amides is 1. The fourth-order valence-corrected chi connectivity index (χ4v) is 2.98. The first-order valence-electron chi connectivity index (χ1n) is 10.7. The van der Waals surface area contributed by atoms with Gasteiger partial charge in [0.15, 0.2) is 0 Å². The highest BCUT2D eigenvalue weighted by Crippen LogP contribution is 2.17. The molecular formula is C25H34N2O5. The summed E-state index contributed by atoms with van der Waals surface area (Å²) in [6.07, 6.45) is 0.174. The van der Waals surface area contributed by atoms with Crippen molar-refractivity contribution < 1.29 is 23.8 Å². The SMILES string of the molecule is COC(=O)CNC[C@H](Cc1ccc(OCc2ccccc2)cc1)N(C)C(=O)OC(C)(C)C. The van der Waals surface area contributed by atoms with Crippen molar-refractivity contribution in [3.05, 3.63) is 65.7 Å². The van der Waals surface area contributed by atoms with E-state index in [1.807, 2.05) is 75.4 Å². The summed E-state index contributed by atoms with van der Waals surface area (Å²) in [5.74, 6) is 0.419. The molecule has 0 saturated heterocycles. The van der Waals surface area contributed by atoms with E-state index in [0.29, 0.717) is 19.6 Å². The second-order valence-electron chi connectivity index (χ2n) is 8.57. The van der Waals surface area contributed by atoms with E-state index < -0.39 is 11.7 Å². The van der Waals surface area contributed by atoms with Crippen molar-refractivity contribution in [2.45, 2.75) is 45.4 Å². The van der Waals surface area contributed by atoms with Crippen molar-refractivity contribution in [1.29, 1.82) is 0 Å². The van der Waals surface area contributed by atoms with Crippen LogP contribution in [0.15, 0.2) is 54.6 Å². The molecule has 1 amide bonds. The van der Waals surface area contributed by atoms with Gasteiger partial charge in [0, 0.05) is 13.6 Å². The van der Waals surface area contributed by atoms with E-state index in [0.717, 1.165) is 16.9 Å². The fourth-order valence-electron chi connectivity index (χ4n) is 2.98. The second-order valence-corrected chi connectivity index (χ2v) is 8.57. The van der Waals surface area contributed by atoms with Gasteiger partial charge in [-0.1, -0.05) is 42.5 Å². The molecule has 0 aliphatic carbocycles. The van der Waals surface area contributed by atoms with E-state index in [9.17, 15) is 9.59 Å². The minimum atomic E-state index is -0.590. The molecule has 2 aromatic carbocycles. The molecule has 32 heavy (non-hydrogen) atoms. The van der Waals surface area contributed by atoms with Crippen LogP contribution in [0.4, 0.5) is 4.79 Å². The van der Waals surface area contributed by atoms with E-state index >= 15 is 0 Å². The number of methoxy groups -OCH3 is 1. The van der Waals surface area contributed by atoms with E-state index in [1.54, 1.807) is 11.9 Å². The summed E-state index contributed by atoms with van der Waals surface area (Å²) in [4.78, 5) is 25.6. The molecule has 7 heteroatoms. The van der Waals surface area contributed by atoms with Gasteiger partial charge in [0.05, 0.1) is 19.7 Å². The van der Waals surface area contributed by atoms with Crippen LogP contribution in [0.2, 0.25) is 0 Å². The normalized spacial score (nSPS) is 12.0. The number of likely N-dealkylation sites (N-methyl/N-ethyl adjacent to an activating group) is 1. The van der Waals surface area contributed by atoms with Crippen LogP contribution in [-0.2, 0) is 27.3 Å². The molecule has 0 spiro atoms. The van der Waals surface area contributed by atoms with Crippen molar-refractivity contribution >= 4 is 12.1 Å². The molecule has 2 rings (SSSR count). The molecule has 0 bridgehead atoms. The van der Waals surface area contributed by atoms with Gasteiger partial charge in [-0.15, -0.1) is 0 Å². The number of esters is 1. The Morgan fingerprint density at radius 2 is 1.66 bits per heavy atom. The third-order valence-corrected chi connectivity index (χ3v) is 4.75. The smallest absolute Gasteiger partial charge is 0.410 e. The minimum absolute atomic E-state index is 0.0709. The van der Waals surface area contributed by atoms with Crippen molar-refractivity contribution in [3.63, 3.8) is 0 Å². The molecule has 0 fully saturated rings. The number of ether oxygens (including phenoxy) is 3. The lowest BCUT2D eigenvalue weighted by molar-refractivity contribution is -0.139. The summed E-state index contributed by atoms with van der Waals surface area (Å²) in [5.41, 5.74) is 1.55. The highest BCUT2D eigenvalue weighted by molar-refractivity contribution is 5.71. The lowest BCUT2D eigenvalue weighted by Crippen LogP contribution is -2.47. The molecule has 0 aliphatic heterocycles. The van der Waals surface area contributed by atoms with E-state index in [4.69, 9.17) is 9.47 Å². The molecule has 0 aliphatic rings. The van der Waals surface area contributed by atoms with Crippen molar-refractivity contribution in [3.8, 4) is 5.75 Å². The topological polar surface area (TPSA) is 77.1 Å².